The van der Waals surface area contributed by atoms with E-state index in [2.05, 4.69) is 10.2 Å². The third-order valence-corrected chi connectivity index (χ3v) is 2.61. The standard InChI is InChI=1S/C10H11N3O3S/c1-14-7-4-3-6(5-8(7)15-2)16-10-13-12-9(11)17-10/h3-5H,1-2H3,(H2,11,12). The van der Waals surface area contributed by atoms with E-state index in [0.29, 0.717) is 27.6 Å². The molecule has 2 N–H and O–H groups in total. The number of methoxy groups -OCH3 is 2. The zero-order valence-corrected chi connectivity index (χ0v) is 10.2. The molecule has 0 bridgehead atoms. The van der Waals surface area contributed by atoms with Crippen LogP contribution >= 0.6 is 11.3 Å². The van der Waals surface area contributed by atoms with Gasteiger partial charge in [0.1, 0.15) is 5.75 Å². The van der Waals surface area contributed by atoms with Gasteiger partial charge in [-0.25, -0.2) is 0 Å². The number of nitrogen functional groups attached to an aromatic ring is 1. The molecule has 0 aliphatic heterocycles. The predicted octanol–water partition coefficient (Wildman–Crippen LogP) is 1.93. The van der Waals surface area contributed by atoms with Crippen molar-refractivity contribution in [3.05, 3.63) is 18.2 Å². The second kappa shape index (κ2) is 4.88. The fourth-order valence-corrected chi connectivity index (χ4v) is 1.72. The first kappa shape index (κ1) is 11.5. The lowest BCUT2D eigenvalue weighted by atomic mass is 10.3. The molecule has 90 valence electrons. The van der Waals surface area contributed by atoms with E-state index >= 15 is 0 Å². The molecular weight excluding hydrogens is 242 g/mol. The molecule has 0 spiro atoms. The Labute approximate surface area is 102 Å². The Hall–Kier alpha value is -2.02. The van der Waals surface area contributed by atoms with Crippen LogP contribution in [-0.4, -0.2) is 24.4 Å². The van der Waals surface area contributed by atoms with Gasteiger partial charge in [-0.3, -0.25) is 0 Å². The van der Waals surface area contributed by atoms with Crippen LogP contribution in [0.5, 0.6) is 22.4 Å². The van der Waals surface area contributed by atoms with Crippen molar-refractivity contribution in [3.63, 3.8) is 0 Å². The maximum absolute atomic E-state index is 5.47. The Morgan fingerprint density at radius 1 is 1.12 bits per heavy atom. The topological polar surface area (TPSA) is 79.5 Å². The van der Waals surface area contributed by atoms with E-state index < -0.39 is 0 Å². The number of nitrogens with zero attached hydrogens (tertiary/aromatic N) is 2. The van der Waals surface area contributed by atoms with E-state index in [-0.39, 0.29) is 0 Å². The van der Waals surface area contributed by atoms with E-state index in [9.17, 15) is 0 Å². The largest absolute Gasteiger partial charge is 0.493 e. The molecule has 0 aliphatic rings. The second-order valence-electron chi connectivity index (χ2n) is 3.03. The number of hydrogen-bond donors (Lipinski definition) is 1. The van der Waals surface area contributed by atoms with Crippen LogP contribution in [-0.2, 0) is 0 Å². The van der Waals surface area contributed by atoms with Crippen LogP contribution in [0.1, 0.15) is 0 Å². The molecular formula is C10H11N3O3S. The molecule has 2 rings (SSSR count). The molecule has 17 heavy (non-hydrogen) atoms. The lowest BCUT2D eigenvalue weighted by molar-refractivity contribution is 0.352. The quantitative estimate of drug-likeness (QED) is 0.896. The molecule has 2 aromatic rings. The molecule has 0 fully saturated rings. The summed E-state index contributed by atoms with van der Waals surface area (Å²) in [6, 6.07) is 5.20. The average Bonchev–Trinajstić information content (AvgIpc) is 2.74. The summed E-state index contributed by atoms with van der Waals surface area (Å²) < 4.78 is 15.7. The summed E-state index contributed by atoms with van der Waals surface area (Å²) in [6.45, 7) is 0. The van der Waals surface area contributed by atoms with Crippen molar-refractivity contribution in [1.82, 2.24) is 10.2 Å². The number of nitrogens with two attached hydrogens (primary N) is 1. The van der Waals surface area contributed by atoms with Crippen LogP contribution in [0.15, 0.2) is 18.2 Å². The average molecular weight is 253 g/mol. The van der Waals surface area contributed by atoms with Crippen LogP contribution in [0.2, 0.25) is 0 Å². The summed E-state index contributed by atoms with van der Waals surface area (Å²) in [6.07, 6.45) is 0. The van der Waals surface area contributed by atoms with Crippen LogP contribution < -0.4 is 19.9 Å². The van der Waals surface area contributed by atoms with Gasteiger partial charge in [0, 0.05) is 6.07 Å². The molecule has 0 saturated heterocycles. The highest BCUT2D eigenvalue weighted by Gasteiger charge is 2.08. The van der Waals surface area contributed by atoms with E-state index in [1.54, 1.807) is 32.4 Å². The van der Waals surface area contributed by atoms with Crippen molar-refractivity contribution in [3.8, 4) is 22.4 Å². The van der Waals surface area contributed by atoms with Crippen molar-refractivity contribution in [2.45, 2.75) is 0 Å². The number of benzene rings is 1. The SMILES string of the molecule is COc1ccc(Oc2nnc(N)s2)cc1OC. The van der Waals surface area contributed by atoms with Gasteiger partial charge < -0.3 is 19.9 Å². The second-order valence-corrected chi connectivity index (χ2v) is 4.00. The molecule has 1 aromatic heterocycles. The first-order valence-corrected chi connectivity index (χ1v) is 5.53. The Kier molecular flexibility index (Phi) is 3.29. The highest BCUT2D eigenvalue weighted by atomic mass is 32.1. The Bertz CT molecular complexity index is 515. The maximum Gasteiger partial charge on any atom is 0.301 e. The van der Waals surface area contributed by atoms with Crippen LogP contribution in [0.3, 0.4) is 0 Å². The van der Waals surface area contributed by atoms with Gasteiger partial charge in [-0.2, -0.15) is 0 Å². The summed E-state index contributed by atoms with van der Waals surface area (Å²) in [5, 5.41) is 8.16. The lowest BCUT2D eigenvalue weighted by Gasteiger charge is -2.08. The van der Waals surface area contributed by atoms with Gasteiger partial charge >= 0.3 is 5.19 Å². The molecule has 1 aromatic carbocycles. The molecule has 1 heterocycles. The summed E-state index contributed by atoms with van der Waals surface area (Å²) in [7, 11) is 3.13. The van der Waals surface area contributed by atoms with Crippen molar-refractivity contribution in [2.24, 2.45) is 0 Å². The minimum Gasteiger partial charge on any atom is -0.493 e. The van der Waals surface area contributed by atoms with Gasteiger partial charge in [0.2, 0.25) is 5.13 Å². The smallest absolute Gasteiger partial charge is 0.301 e. The van der Waals surface area contributed by atoms with Gasteiger partial charge in [0.25, 0.3) is 0 Å². The van der Waals surface area contributed by atoms with E-state index in [4.69, 9.17) is 19.9 Å². The minimum absolute atomic E-state index is 0.362. The Balaban J connectivity index is 2.22. The summed E-state index contributed by atoms with van der Waals surface area (Å²) in [5.74, 6) is 1.80. The van der Waals surface area contributed by atoms with E-state index in [0.717, 1.165) is 0 Å². The normalized spacial score (nSPS) is 10.0. The van der Waals surface area contributed by atoms with Crippen LogP contribution in [0, 0.1) is 0 Å². The van der Waals surface area contributed by atoms with Crippen molar-refractivity contribution in [1.29, 1.82) is 0 Å². The van der Waals surface area contributed by atoms with E-state index in [1.807, 2.05) is 0 Å². The number of rotatable bonds is 4. The van der Waals surface area contributed by atoms with Crippen molar-refractivity contribution < 1.29 is 14.2 Å². The Morgan fingerprint density at radius 2 is 1.88 bits per heavy atom. The zero-order chi connectivity index (χ0) is 12.3. The molecule has 0 amide bonds. The fourth-order valence-electron chi connectivity index (χ4n) is 1.24. The molecule has 0 radical (unpaired) electrons. The van der Waals surface area contributed by atoms with Gasteiger partial charge in [-0.15, -0.1) is 5.10 Å². The third kappa shape index (κ3) is 2.56. The summed E-state index contributed by atoms with van der Waals surface area (Å²) in [5.41, 5.74) is 5.45. The molecule has 0 unspecified atom stereocenters. The van der Waals surface area contributed by atoms with Gasteiger partial charge in [-0.1, -0.05) is 5.10 Å². The van der Waals surface area contributed by atoms with Gasteiger partial charge in [-0.05, 0) is 23.5 Å². The highest BCUT2D eigenvalue weighted by Crippen LogP contribution is 2.33. The highest BCUT2D eigenvalue weighted by molar-refractivity contribution is 7.16. The zero-order valence-electron chi connectivity index (χ0n) is 9.34. The molecule has 6 nitrogen and oxygen atoms in total. The number of hydrogen-bond acceptors (Lipinski definition) is 7. The van der Waals surface area contributed by atoms with Gasteiger partial charge in [0.05, 0.1) is 14.2 Å². The van der Waals surface area contributed by atoms with Crippen molar-refractivity contribution >= 4 is 16.5 Å². The number of ether oxygens (including phenoxy) is 3. The summed E-state index contributed by atoms with van der Waals surface area (Å²) in [4.78, 5) is 0. The number of anilines is 1. The first-order chi connectivity index (χ1) is 8.22. The number of aromatic nitrogens is 2. The molecule has 0 aliphatic carbocycles. The maximum atomic E-state index is 5.47. The van der Waals surface area contributed by atoms with Crippen molar-refractivity contribution in [2.75, 3.05) is 20.0 Å². The monoisotopic (exact) mass is 253 g/mol. The van der Waals surface area contributed by atoms with Crippen LogP contribution in [0.4, 0.5) is 5.13 Å². The fraction of sp³-hybridized carbons (Fsp3) is 0.200. The third-order valence-electron chi connectivity index (χ3n) is 1.98. The minimum atomic E-state index is 0.362. The molecule has 0 saturated carbocycles. The first-order valence-electron chi connectivity index (χ1n) is 4.72. The summed E-state index contributed by atoms with van der Waals surface area (Å²) >= 11 is 1.17. The molecule has 7 heteroatoms. The Morgan fingerprint density at radius 3 is 2.47 bits per heavy atom. The van der Waals surface area contributed by atoms with E-state index in [1.165, 1.54) is 11.3 Å². The van der Waals surface area contributed by atoms with Gasteiger partial charge in [0.15, 0.2) is 11.5 Å². The van der Waals surface area contributed by atoms with Crippen LogP contribution in [0.25, 0.3) is 0 Å². The predicted molar refractivity (Wildman–Crippen MR) is 63.9 cm³/mol. The lowest BCUT2D eigenvalue weighted by Crippen LogP contribution is -1.91. The molecule has 0 atom stereocenters.